The fraction of sp³-hybridized carbons (Fsp3) is 0.571. The minimum absolute atomic E-state index is 0.00702. The zero-order valence-electron chi connectivity index (χ0n) is 15.0. The van der Waals surface area contributed by atoms with Gasteiger partial charge in [0.1, 0.15) is 12.3 Å². The molecule has 3 heterocycles. The Morgan fingerprint density at radius 1 is 1.64 bits per heavy atom. The molecule has 0 aliphatic carbocycles. The van der Waals surface area contributed by atoms with Crippen molar-refractivity contribution in [2.75, 3.05) is 11.9 Å². The Hall–Kier alpha value is -1.34. The maximum absolute atomic E-state index is 12.2. The van der Waals surface area contributed by atoms with Crippen LogP contribution in [-0.2, 0) is 25.9 Å². The third-order valence-electron chi connectivity index (χ3n) is 4.12. The van der Waals surface area contributed by atoms with Crippen molar-refractivity contribution in [1.29, 1.82) is 0 Å². The minimum Gasteiger partial charge on any atom is -0.390 e. The van der Waals surface area contributed by atoms with Crippen LogP contribution in [0.25, 0.3) is 11.2 Å². The summed E-state index contributed by atoms with van der Waals surface area (Å²) in [4.78, 5) is 44.3. The Morgan fingerprint density at radius 3 is 3.00 bits per heavy atom. The number of carbonyl (C=O) groups is 1. The van der Waals surface area contributed by atoms with Crippen LogP contribution in [0.4, 0.5) is 5.95 Å². The molecule has 4 N–H and O–H groups in total. The number of rotatable bonds is 6. The maximum atomic E-state index is 12.2. The number of nitrogens with one attached hydrogen (secondary N) is 2. The molecule has 14 heteroatoms. The summed E-state index contributed by atoms with van der Waals surface area (Å²) in [5, 5.41) is 12.7. The van der Waals surface area contributed by atoms with Gasteiger partial charge in [-0.05, 0) is 11.8 Å². The van der Waals surface area contributed by atoms with Crippen molar-refractivity contribution in [2.24, 2.45) is 5.92 Å². The van der Waals surface area contributed by atoms with Gasteiger partial charge in [0.15, 0.2) is 11.2 Å². The zero-order valence-corrected chi connectivity index (χ0v) is 17.6. The fourth-order valence-corrected chi connectivity index (χ4v) is 3.39. The number of aromatic nitrogens is 4. The van der Waals surface area contributed by atoms with E-state index in [9.17, 15) is 19.6 Å². The van der Waals surface area contributed by atoms with Crippen LogP contribution >= 0.6 is 17.9 Å². The highest BCUT2D eigenvalue weighted by Gasteiger charge is 2.36. The standard InChI is InChI=1S/C14H20N5O6PS2/c1-6(2)12(21)17-14-16-11-10(13(22)18-14)15-5-19(11)9-3-7(20)8(25-9)4-24-26(23,27)28/h5-9,20H,3-4H2,1-2H3,(H2,23,27,28)(H2,16,17,18,21,22)/t7-,8+,9+/m0/s1. The lowest BCUT2D eigenvalue weighted by Gasteiger charge is -2.17. The Balaban J connectivity index is 1.85. The van der Waals surface area contributed by atoms with Gasteiger partial charge in [0.25, 0.3) is 5.56 Å². The normalized spacial score (nSPS) is 24.6. The van der Waals surface area contributed by atoms with E-state index in [-0.39, 0.29) is 42.0 Å². The first-order valence-corrected chi connectivity index (χ1v) is 12.2. The van der Waals surface area contributed by atoms with Crippen LogP contribution in [-0.4, -0.2) is 54.2 Å². The van der Waals surface area contributed by atoms with Crippen molar-refractivity contribution in [3.8, 4) is 0 Å². The van der Waals surface area contributed by atoms with Gasteiger partial charge in [-0.2, -0.15) is 4.98 Å². The highest BCUT2D eigenvalue weighted by Crippen LogP contribution is 2.48. The number of aliphatic hydroxyl groups excluding tert-OH is 1. The number of aromatic amines is 1. The number of hydrogen-bond acceptors (Lipinski definition) is 8. The van der Waals surface area contributed by atoms with E-state index >= 15 is 0 Å². The van der Waals surface area contributed by atoms with Gasteiger partial charge in [-0.3, -0.25) is 24.5 Å². The van der Waals surface area contributed by atoms with E-state index in [1.165, 1.54) is 10.9 Å². The van der Waals surface area contributed by atoms with Gasteiger partial charge in [-0.25, -0.2) is 4.98 Å². The van der Waals surface area contributed by atoms with Gasteiger partial charge in [-0.1, -0.05) is 26.1 Å². The smallest absolute Gasteiger partial charge is 0.280 e. The van der Waals surface area contributed by atoms with Crippen LogP contribution in [0.5, 0.6) is 0 Å². The molecule has 1 fully saturated rings. The minimum atomic E-state index is -3.18. The number of thiol groups is 1. The predicted octanol–water partition coefficient (Wildman–Crippen LogP) is 0.526. The largest absolute Gasteiger partial charge is 0.390 e. The van der Waals surface area contributed by atoms with Crippen LogP contribution in [0.1, 0.15) is 26.5 Å². The van der Waals surface area contributed by atoms with Crippen molar-refractivity contribution in [3.05, 3.63) is 16.7 Å². The van der Waals surface area contributed by atoms with Gasteiger partial charge in [-0.15, -0.1) is 0 Å². The van der Waals surface area contributed by atoms with E-state index in [0.29, 0.717) is 0 Å². The highest BCUT2D eigenvalue weighted by atomic mass is 32.9. The Kier molecular flexibility index (Phi) is 6.25. The second-order valence-corrected chi connectivity index (χ2v) is 11.8. The summed E-state index contributed by atoms with van der Waals surface area (Å²) >= 11 is 8.46. The summed E-state index contributed by atoms with van der Waals surface area (Å²) in [6, 6.07) is 0. The molecule has 1 aliphatic rings. The number of hydrogen-bond donors (Lipinski definition) is 5. The van der Waals surface area contributed by atoms with Gasteiger partial charge < -0.3 is 19.3 Å². The van der Waals surface area contributed by atoms with Gasteiger partial charge in [0, 0.05) is 12.3 Å². The summed E-state index contributed by atoms with van der Waals surface area (Å²) in [7, 11) is 0. The first kappa shape index (κ1) is 21.4. The number of nitrogens with zero attached hydrogens (tertiary/aromatic N) is 3. The molecule has 11 nitrogen and oxygen atoms in total. The van der Waals surface area contributed by atoms with Gasteiger partial charge in [0.2, 0.25) is 17.5 Å². The molecule has 2 aromatic heterocycles. The summed E-state index contributed by atoms with van der Waals surface area (Å²) in [6.45, 7) is 3.29. The monoisotopic (exact) mass is 449 g/mol. The lowest BCUT2D eigenvalue weighted by atomic mass is 10.2. The number of amides is 1. The van der Waals surface area contributed by atoms with Crippen LogP contribution in [0.15, 0.2) is 11.1 Å². The molecule has 2 aromatic rings. The molecule has 0 aromatic carbocycles. The third kappa shape index (κ3) is 4.79. The Labute approximate surface area is 169 Å². The quantitative estimate of drug-likeness (QED) is 0.314. The second-order valence-electron chi connectivity index (χ2n) is 6.60. The molecule has 3 rings (SSSR count). The third-order valence-corrected chi connectivity index (χ3v) is 5.27. The number of fused-ring (bicyclic) bond motifs is 1. The first-order chi connectivity index (χ1) is 13.0. The van der Waals surface area contributed by atoms with E-state index in [2.05, 4.69) is 44.3 Å². The molecule has 1 unspecified atom stereocenters. The molecule has 0 saturated carbocycles. The predicted molar refractivity (Wildman–Crippen MR) is 108 cm³/mol. The van der Waals surface area contributed by atoms with Gasteiger partial charge >= 0.3 is 0 Å². The van der Waals surface area contributed by atoms with Crippen molar-refractivity contribution in [3.63, 3.8) is 0 Å². The number of carbonyl (C=O) groups excluding carboxylic acids is 1. The lowest BCUT2D eigenvalue weighted by Crippen LogP contribution is -2.25. The number of ether oxygens (including phenoxy) is 1. The summed E-state index contributed by atoms with van der Waals surface area (Å²) in [6.07, 6.45) is -0.752. The molecule has 0 spiro atoms. The molecular formula is C14H20N5O6PS2. The molecule has 1 saturated heterocycles. The molecule has 0 bridgehead atoms. The van der Waals surface area contributed by atoms with E-state index in [1.807, 2.05) is 0 Å². The van der Waals surface area contributed by atoms with Crippen LogP contribution in [0.3, 0.4) is 0 Å². The van der Waals surface area contributed by atoms with Crippen LogP contribution in [0.2, 0.25) is 0 Å². The maximum Gasteiger partial charge on any atom is 0.280 e. The summed E-state index contributed by atoms with van der Waals surface area (Å²) in [5.74, 6) is -0.602. The first-order valence-electron chi connectivity index (χ1n) is 8.36. The van der Waals surface area contributed by atoms with Crippen molar-refractivity contribution < 1.29 is 24.1 Å². The Bertz CT molecular complexity index is 988. The lowest BCUT2D eigenvalue weighted by molar-refractivity contribution is -0.118. The fourth-order valence-electron chi connectivity index (χ4n) is 2.66. The van der Waals surface area contributed by atoms with E-state index in [4.69, 9.17) is 9.26 Å². The highest BCUT2D eigenvalue weighted by molar-refractivity contribution is 8.59. The zero-order chi connectivity index (χ0) is 20.6. The Morgan fingerprint density at radius 2 is 2.36 bits per heavy atom. The van der Waals surface area contributed by atoms with Crippen molar-refractivity contribution in [1.82, 2.24) is 19.5 Å². The average molecular weight is 449 g/mol. The molecular weight excluding hydrogens is 429 g/mol. The number of anilines is 1. The molecule has 1 aliphatic heterocycles. The summed E-state index contributed by atoms with van der Waals surface area (Å²) < 4.78 is 12.3. The average Bonchev–Trinajstić information content (AvgIpc) is 3.15. The number of H-pyrrole nitrogens is 1. The SMILES string of the molecule is CC(C)C(=O)Nc1nc2c(ncn2[C@H]2C[C@H](O)[C@@H](COP(O)(=S)S)O2)c(=O)[nH]1. The molecule has 1 amide bonds. The van der Waals surface area contributed by atoms with E-state index < -0.39 is 29.7 Å². The van der Waals surface area contributed by atoms with Crippen LogP contribution < -0.4 is 10.9 Å². The second kappa shape index (κ2) is 8.19. The molecule has 154 valence electrons. The van der Waals surface area contributed by atoms with Crippen molar-refractivity contribution in [2.45, 2.75) is 38.7 Å². The topological polar surface area (TPSA) is 152 Å². The number of aliphatic hydroxyl groups is 1. The molecule has 4 atom stereocenters. The molecule has 28 heavy (non-hydrogen) atoms. The van der Waals surface area contributed by atoms with Crippen molar-refractivity contribution >= 4 is 52.8 Å². The van der Waals surface area contributed by atoms with Gasteiger partial charge in [0.05, 0.1) is 19.0 Å². The molecule has 0 radical (unpaired) electrons. The number of imidazole rings is 1. The van der Waals surface area contributed by atoms with Crippen LogP contribution in [0, 0.1) is 5.92 Å². The van der Waals surface area contributed by atoms with E-state index in [1.54, 1.807) is 13.8 Å². The van der Waals surface area contributed by atoms with E-state index in [0.717, 1.165) is 0 Å². The summed E-state index contributed by atoms with van der Waals surface area (Å²) in [5.41, 5.74) is -3.43.